The molecule has 126 valence electrons. The number of benzene rings is 2. The van der Waals surface area contributed by atoms with E-state index in [9.17, 15) is 9.90 Å². The molecule has 0 aliphatic rings. The Morgan fingerprint density at radius 1 is 1.12 bits per heavy atom. The maximum absolute atomic E-state index is 11.7. The van der Waals surface area contributed by atoms with Crippen molar-refractivity contribution in [1.29, 1.82) is 0 Å². The standard InChI is InChI=1S/C19H19ClO4/c1-11-5-6-14(12(2)7-11)15(19(21)22)8-13-9-16(20)18(24-4)17(10-13)23-3/h5-10H,1-4H3,(H,21,22)/b15-8-. The third-order valence-corrected chi connectivity index (χ3v) is 3.95. The average Bonchev–Trinajstić information content (AvgIpc) is 2.52. The number of hydrogen-bond acceptors (Lipinski definition) is 3. The minimum Gasteiger partial charge on any atom is -0.493 e. The molecular weight excluding hydrogens is 328 g/mol. The summed E-state index contributed by atoms with van der Waals surface area (Å²) >= 11 is 6.19. The van der Waals surface area contributed by atoms with Crippen LogP contribution < -0.4 is 9.47 Å². The number of aliphatic carboxylic acids is 1. The number of rotatable bonds is 5. The number of carboxylic acids is 1. The van der Waals surface area contributed by atoms with E-state index < -0.39 is 5.97 Å². The zero-order chi connectivity index (χ0) is 17.9. The van der Waals surface area contributed by atoms with Crippen LogP contribution in [-0.4, -0.2) is 25.3 Å². The molecule has 0 fully saturated rings. The minimum absolute atomic E-state index is 0.191. The summed E-state index contributed by atoms with van der Waals surface area (Å²) in [7, 11) is 3.00. The summed E-state index contributed by atoms with van der Waals surface area (Å²) in [5, 5.41) is 9.98. The van der Waals surface area contributed by atoms with Crippen LogP contribution in [0.4, 0.5) is 0 Å². The predicted octanol–water partition coefficient (Wildman–Crippen LogP) is 4.60. The highest BCUT2D eigenvalue weighted by Crippen LogP contribution is 2.37. The lowest BCUT2D eigenvalue weighted by Crippen LogP contribution is -2.02. The van der Waals surface area contributed by atoms with Crippen molar-refractivity contribution in [2.24, 2.45) is 0 Å². The van der Waals surface area contributed by atoms with E-state index in [0.29, 0.717) is 27.6 Å². The quantitative estimate of drug-likeness (QED) is 0.635. The molecule has 24 heavy (non-hydrogen) atoms. The van der Waals surface area contributed by atoms with E-state index in [2.05, 4.69) is 0 Å². The second kappa shape index (κ2) is 7.41. The summed E-state index contributed by atoms with van der Waals surface area (Å²) in [5.74, 6) is -0.144. The number of carboxylic acid groups (broad SMARTS) is 1. The van der Waals surface area contributed by atoms with Crippen LogP contribution in [0.2, 0.25) is 5.02 Å². The molecular formula is C19H19ClO4. The summed E-state index contributed by atoms with van der Waals surface area (Å²) < 4.78 is 10.5. The van der Waals surface area contributed by atoms with E-state index in [0.717, 1.165) is 11.1 Å². The zero-order valence-corrected chi connectivity index (χ0v) is 14.8. The van der Waals surface area contributed by atoms with Crippen molar-refractivity contribution in [3.63, 3.8) is 0 Å². The molecule has 0 amide bonds. The molecule has 0 saturated carbocycles. The van der Waals surface area contributed by atoms with Gasteiger partial charge in [-0.2, -0.15) is 0 Å². The van der Waals surface area contributed by atoms with Crippen LogP contribution in [0, 0.1) is 13.8 Å². The van der Waals surface area contributed by atoms with Crippen molar-refractivity contribution in [2.45, 2.75) is 13.8 Å². The highest BCUT2D eigenvalue weighted by atomic mass is 35.5. The van der Waals surface area contributed by atoms with E-state index >= 15 is 0 Å². The Morgan fingerprint density at radius 2 is 1.83 bits per heavy atom. The molecule has 0 saturated heterocycles. The van der Waals surface area contributed by atoms with E-state index in [4.69, 9.17) is 21.1 Å². The van der Waals surface area contributed by atoms with Crippen LogP contribution in [0.15, 0.2) is 30.3 Å². The number of aryl methyl sites for hydroxylation is 2. The Morgan fingerprint density at radius 3 is 2.38 bits per heavy atom. The first-order valence-electron chi connectivity index (χ1n) is 7.31. The van der Waals surface area contributed by atoms with Gasteiger partial charge in [-0.3, -0.25) is 0 Å². The Kier molecular flexibility index (Phi) is 5.52. The van der Waals surface area contributed by atoms with Gasteiger partial charge in [0.05, 0.1) is 24.8 Å². The molecule has 0 aliphatic heterocycles. The molecule has 4 nitrogen and oxygen atoms in total. The molecule has 0 spiro atoms. The largest absolute Gasteiger partial charge is 0.493 e. The second-order valence-corrected chi connectivity index (χ2v) is 5.83. The van der Waals surface area contributed by atoms with Crippen LogP contribution in [0.5, 0.6) is 11.5 Å². The van der Waals surface area contributed by atoms with Gasteiger partial charge < -0.3 is 14.6 Å². The van der Waals surface area contributed by atoms with Crippen molar-refractivity contribution in [3.05, 3.63) is 57.6 Å². The monoisotopic (exact) mass is 346 g/mol. The molecule has 0 radical (unpaired) electrons. The maximum Gasteiger partial charge on any atom is 0.336 e. The summed E-state index contributed by atoms with van der Waals surface area (Å²) in [6.07, 6.45) is 1.58. The van der Waals surface area contributed by atoms with Crippen molar-refractivity contribution in [1.82, 2.24) is 0 Å². The van der Waals surface area contributed by atoms with Gasteiger partial charge in [-0.05, 0) is 48.7 Å². The first-order chi connectivity index (χ1) is 11.4. The number of halogens is 1. The number of carbonyl (C=O) groups is 1. The van der Waals surface area contributed by atoms with Crippen LogP contribution in [-0.2, 0) is 4.79 Å². The Balaban J connectivity index is 2.60. The second-order valence-electron chi connectivity index (χ2n) is 5.42. The molecule has 0 atom stereocenters. The van der Waals surface area contributed by atoms with Gasteiger partial charge in [-0.15, -0.1) is 0 Å². The highest BCUT2D eigenvalue weighted by molar-refractivity contribution is 6.32. The molecule has 0 aromatic heterocycles. The van der Waals surface area contributed by atoms with E-state index in [1.54, 1.807) is 18.2 Å². The van der Waals surface area contributed by atoms with E-state index in [1.165, 1.54) is 14.2 Å². The smallest absolute Gasteiger partial charge is 0.336 e. The number of hydrogen-bond donors (Lipinski definition) is 1. The van der Waals surface area contributed by atoms with Crippen LogP contribution >= 0.6 is 11.6 Å². The lowest BCUT2D eigenvalue weighted by Gasteiger charge is -2.12. The lowest BCUT2D eigenvalue weighted by molar-refractivity contribution is -0.130. The SMILES string of the molecule is COc1cc(/C=C(\C(=O)O)c2ccc(C)cc2C)cc(Cl)c1OC. The van der Waals surface area contributed by atoms with Gasteiger partial charge >= 0.3 is 5.97 Å². The fourth-order valence-electron chi connectivity index (χ4n) is 2.56. The third-order valence-electron chi connectivity index (χ3n) is 3.67. The van der Waals surface area contributed by atoms with Gasteiger partial charge in [0.15, 0.2) is 11.5 Å². The van der Waals surface area contributed by atoms with Gasteiger partial charge in [-0.25, -0.2) is 4.79 Å². The van der Waals surface area contributed by atoms with Gasteiger partial charge in [0, 0.05) is 0 Å². The van der Waals surface area contributed by atoms with Gasteiger partial charge in [0.25, 0.3) is 0 Å². The molecule has 1 N–H and O–H groups in total. The lowest BCUT2D eigenvalue weighted by atomic mass is 9.97. The van der Waals surface area contributed by atoms with Crippen molar-refractivity contribution >= 4 is 29.2 Å². The van der Waals surface area contributed by atoms with Gasteiger partial charge in [0.2, 0.25) is 0 Å². The van der Waals surface area contributed by atoms with Gasteiger partial charge in [0.1, 0.15) is 0 Å². The maximum atomic E-state index is 11.7. The van der Waals surface area contributed by atoms with Crippen LogP contribution in [0.1, 0.15) is 22.3 Å². The van der Waals surface area contributed by atoms with Crippen molar-refractivity contribution < 1.29 is 19.4 Å². The number of methoxy groups -OCH3 is 2. The topological polar surface area (TPSA) is 55.8 Å². The molecule has 0 heterocycles. The average molecular weight is 347 g/mol. The number of ether oxygens (including phenoxy) is 2. The molecule has 2 rings (SSSR count). The summed E-state index contributed by atoms with van der Waals surface area (Å²) in [5.41, 5.74) is 3.45. The molecule has 2 aromatic carbocycles. The Hall–Kier alpha value is -2.46. The van der Waals surface area contributed by atoms with Crippen molar-refractivity contribution in [2.75, 3.05) is 14.2 Å². The minimum atomic E-state index is -1.01. The molecule has 0 bridgehead atoms. The Labute approximate surface area is 146 Å². The summed E-state index contributed by atoms with van der Waals surface area (Å²) in [6, 6.07) is 8.99. The molecule has 0 aliphatic carbocycles. The van der Waals surface area contributed by atoms with Crippen LogP contribution in [0.25, 0.3) is 11.6 Å². The van der Waals surface area contributed by atoms with E-state index in [1.807, 2.05) is 32.0 Å². The van der Waals surface area contributed by atoms with Gasteiger partial charge in [-0.1, -0.05) is 35.4 Å². The van der Waals surface area contributed by atoms with Crippen molar-refractivity contribution in [3.8, 4) is 11.5 Å². The molecule has 2 aromatic rings. The first-order valence-corrected chi connectivity index (χ1v) is 7.69. The zero-order valence-electron chi connectivity index (χ0n) is 14.0. The summed E-state index contributed by atoms with van der Waals surface area (Å²) in [4.78, 5) is 11.7. The predicted molar refractivity (Wildman–Crippen MR) is 96.0 cm³/mol. The highest BCUT2D eigenvalue weighted by Gasteiger charge is 2.15. The molecule has 0 unspecified atom stereocenters. The first kappa shape index (κ1) is 17.9. The third kappa shape index (κ3) is 3.71. The fourth-order valence-corrected chi connectivity index (χ4v) is 2.85. The fraction of sp³-hybridized carbons (Fsp3) is 0.211. The summed E-state index contributed by atoms with van der Waals surface area (Å²) in [6.45, 7) is 3.86. The Bertz CT molecular complexity index is 809. The normalized spacial score (nSPS) is 11.3. The van der Waals surface area contributed by atoms with E-state index in [-0.39, 0.29) is 5.57 Å². The molecule has 5 heteroatoms. The van der Waals surface area contributed by atoms with Crippen LogP contribution in [0.3, 0.4) is 0 Å².